The first-order valence-corrected chi connectivity index (χ1v) is 8.04. The fourth-order valence-corrected chi connectivity index (χ4v) is 3.21. The van der Waals surface area contributed by atoms with Crippen LogP contribution in [0, 0.1) is 18.8 Å². The van der Waals surface area contributed by atoms with Crippen LogP contribution in [0.5, 0.6) is 0 Å². The summed E-state index contributed by atoms with van der Waals surface area (Å²) in [6.45, 7) is 13.8. The molecule has 20 heavy (non-hydrogen) atoms. The van der Waals surface area contributed by atoms with Crippen molar-refractivity contribution in [3.05, 3.63) is 35.4 Å². The zero-order valence-corrected chi connectivity index (χ0v) is 13.5. The Bertz CT molecular complexity index is 414. The van der Waals surface area contributed by atoms with Crippen LogP contribution in [0.1, 0.15) is 38.3 Å². The van der Waals surface area contributed by atoms with Crippen LogP contribution in [0.15, 0.2) is 24.3 Å². The van der Waals surface area contributed by atoms with E-state index >= 15 is 0 Å². The number of hydrogen-bond donors (Lipinski definition) is 1. The molecule has 1 heterocycles. The van der Waals surface area contributed by atoms with Crippen LogP contribution in [0.2, 0.25) is 0 Å². The molecule has 1 saturated heterocycles. The smallest absolute Gasteiger partial charge is 0.0234 e. The number of benzene rings is 1. The minimum atomic E-state index is 0.658. The fourth-order valence-electron chi connectivity index (χ4n) is 3.21. The largest absolute Gasteiger partial charge is 0.312 e. The number of nitrogens with one attached hydrogen (secondary N) is 1. The molecule has 0 saturated carbocycles. The predicted octanol–water partition coefficient (Wildman–Crippen LogP) is 3.45. The van der Waals surface area contributed by atoms with E-state index < -0.39 is 0 Å². The van der Waals surface area contributed by atoms with Gasteiger partial charge < -0.3 is 5.32 Å². The van der Waals surface area contributed by atoms with Gasteiger partial charge in [0.2, 0.25) is 0 Å². The van der Waals surface area contributed by atoms with Crippen LogP contribution in [-0.4, -0.2) is 30.6 Å². The van der Waals surface area contributed by atoms with Crippen molar-refractivity contribution in [2.75, 3.05) is 19.6 Å². The Morgan fingerprint density at radius 3 is 2.80 bits per heavy atom. The molecule has 1 aromatic carbocycles. The molecule has 0 aliphatic carbocycles. The van der Waals surface area contributed by atoms with E-state index in [-0.39, 0.29) is 0 Å². The zero-order valence-electron chi connectivity index (χ0n) is 13.5. The van der Waals surface area contributed by atoms with Crippen molar-refractivity contribution in [3.63, 3.8) is 0 Å². The molecule has 0 spiro atoms. The van der Waals surface area contributed by atoms with E-state index in [9.17, 15) is 0 Å². The average Bonchev–Trinajstić information content (AvgIpc) is 2.35. The van der Waals surface area contributed by atoms with Crippen molar-refractivity contribution < 1.29 is 0 Å². The Kier molecular flexibility index (Phi) is 5.62. The van der Waals surface area contributed by atoms with Crippen LogP contribution in [0.3, 0.4) is 0 Å². The molecule has 2 unspecified atom stereocenters. The van der Waals surface area contributed by atoms with Crippen LogP contribution in [-0.2, 0) is 6.54 Å². The molecular formula is C18H30N2. The number of aryl methyl sites for hydroxylation is 1. The molecule has 1 aromatic rings. The number of rotatable bonds is 5. The van der Waals surface area contributed by atoms with Crippen LogP contribution in [0.25, 0.3) is 0 Å². The molecule has 1 fully saturated rings. The molecule has 2 heteroatoms. The molecular weight excluding hydrogens is 244 g/mol. The van der Waals surface area contributed by atoms with E-state index in [1.54, 1.807) is 0 Å². The summed E-state index contributed by atoms with van der Waals surface area (Å²) in [5, 5.41) is 3.74. The summed E-state index contributed by atoms with van der Waals surface area (Å²) in [4.78, 5) is 2.61. The zero-order chi connectivity index (χ0) is 14.5. The van der Waals surface area contributed by atoms with E-state index in [0.717, 1.165) is 24.9 Å². The van der Waals surface area contributed by atoms with Gasteiger partial charge in [-0.1, -0.05) is 50.6 Å². The Morgan fingerprint density at radius 1 is 1.30 bits per heavy atom. The summed E-state index contributed by atoms with van der Waals surface area (Å²) in [7, 11) is 0. The van der Waals surface area contributed by atoms with E-state index in [4.69, 9.17) is 0 Å². The molecule has 1 aliphatic rings. The SMILES string of the molecule is Cc1cccc(CN2CC(C)CC(NCC(C)C)C2)c1. The molecule has 2 atom stereocenters. The molecule has 112 valence electrons. The van der Waals surface area contributed by atoms with Gasteiger partial charge >= 0.3 is 0 Å². The standard InChI is InChI=1S/C18H30N2/c1-14(2)10-19-18-9-16(4)11-20(13-18)12-17-7-5-6-15(3)8-17/h5-8,14,16,18-19H,9-13H2,1-4H3. The summed E-state index contributed by atoms with van der Waals surface area (Å²) < 4.78 is 0. The number of likely N-dealkylation sites (tertiary alicyclic amines) is 1. The lowest BCUT2D eigenvalue weighted by molar-refractivity contribution is 0.141. The first kappa shape index (κ1) is 15.5. The summed E-state index contributed by atoms with van der Waals surface area (Å²) >= 11 is 0. The maximum Gasteiger partial charge on any atom is 0.0234 e. The Labute approximate surface area is 124 Å². The molecule has 0 bridgehead atoms. The minimum Gasteiger partial charge on any atom is -0.312 e. The molecule has 2 rings (SSSR count). The van der Waals surface area contributed by atoms with Gasteiger partial charge in [0.25, 0.3) is 0 Å². The van der Waals surface area contributed by atoms with Gasteiger partial charge in [-0.25, -0.2) is 0 Å². The lowest BCUT2D eigenvalue weighted by Gasteiger charge is -2.37. The highest BCUT2D eigenvalue weighted by atomic mass is 15.2. The number of hydrogen-bond acceptors (Lipinski definition) is 2. The van der Waals surface area contributed by atoms with Crippen molar-refractivity contribution in [2.24, 2.45) is 11.8 Å². The maximum absolute atomic E-state index is 3.74. The van der Waals surface area contributed by atoms with Crippen molar-refractivity contribution in [1.82, 2.24) is 10.2 Å². The van der Waals surface area contributed by atoms with E-state index in [0.29, 0.717) is 6.04 Å². The summed E-state index contributed by atoms with van der Waals surface area (Å²) in [6.07, 6.45) is 1.32. The summed E-state index contributed by atoms with van der Waals surface area (Å²) in [5.74, 6) is 1.52. The first-order valence-electron chi connectivity index (χ1n) is 8.04. The third kappa shape index (κ3) is 4.92. The van der Waals surface area contributed by atoms with E-state index in [1.807, 2.05) is 0 Å². The lowest BCUT2D eigenvalue weighted by Crippen LogP contribution is -2.49. The average molecular weight is 274 g/mol. The summed E-state index contributed by atoms with van der Waals surface area (Å²) in [5.41, 5.74) is 2.81. The molecule has 0 amide bonds. The van der Waals surface area contributed by atoms with E-state index in [1.165, 1.54) is 30.6 Å². The quantitative estimate of drug-likeness (QED) is 0.884. The van der Waals surface area contributed by atoms with Crippen molar-refractivity contribution in [2.45, 2.75) is 46.7 Å². The topological polar surface area (TPSA) is 15.3 Å². The van der Waals surface area contributed by atoms with Crippen molar-refractivity contribution >= 4 is 0 Å². The second kappa shape index (κ2) is 7.24. The fraction of sp³-hybridized carbons (Fsp3) is 0.667. The Hall–Kier alpha value is -0.860. The monoisotopic (exact) mass is 274 g/mol. The van der Waals surface area contributed by atoms with Gasteiger partial charge in [-0.2, -0.15) is 0 Å². The summed E-state index contributed by atoms with van der Waals surface area (Å²) in [6, 6.07) is 9.58. The van der Waals surface area contributed by atoms with Gasteiger partial charge in [0.15, 0.2) is 0 Å². The van der Waals surface area contributed by atoms with Gasteiger partial charge in [0.1, 0.15) is 0 Å². The van der Waals surface area contributed by atoms with Crippen LogP contribution in [0.4, 0.5) is 0 Å². The highest BCUT2D eigenvalue weighted by Gasteiger charge is 2.24. The van der Waals surface area contributed by atoms with Crippen molar-refractivity contribution in [1.29, 1.82) is 0 Å². The lowest BCUT2D eigenvalue weighted by atomic mass is 9.95. The number of piperidine rings is 1. The molecule has 2 nitrogen and oxygen atoms in total. The third-order valence-electron chi connectivity index (χ3n) is 4.04. The Balaban J connectivity index is 1.90. The maximum atomic E-state index is 3.74. The highest BCUT2D eigenvalue weighted by Crippen LogP contribution is 2.19. The molecule has 1 aliphatic heterocycles. The van der Waals surface area contributed by atoms with E-state index in [2.05, 4.69) is 62.2 Å². The van der Waals surface area contributed by atoms with Crippen molar-refractivity contribution in [3.8, 4) is 0 Å². The van der Waals surface area contributed by atoms with Gasteiger partial charge in [-0.3, -0.25) is 4.90 Å². The second-order valence-corrected chi connectivity index (χ2v) is 7.02. The normalized spacial score (nSPS) is 24.2. The van der Waals surface area contributed by atoms with Crippen LogP contribution >= 0.6 is 0 Å². The van der Waals surface area contributed by atoms with Crippen LogP contribution < -0.4 is 5.32 Å². The third-order valence-corrected chi connectivity index (χ3v) is 4.04. The van der Waals surface area contributed by atoms with Gasteiger partial charge in [-0.15, -0.1) is 0 Å². The first-order chi connectivity index (χ1) is 9.52. The molecule has 0 aromatic heterocycles. The second-order valence-electron chi connectivity index (χ2n) is 7.02. The highest BCUT2D eigenvalue weighted by molar-refractivity contribution is 5.22. The van der Waals surface area contributed by atoms with Gasteiger partial charge in [-0.05, 0) is 37.3 Å². The molecule has 1 N–H and O–H groups in total. The number of nitrogens with zero attached hydrogens (tertiary/aromatic N) is 1. The van der Waals surface area contributed by atoms with Gasteiger partial charge in [0.05, 0.1) is 0 Å². The van der Waals surface area contributed by atoms with Gasteiger partial charge in [0, 0.05) is 25.7 Å². The molecule has 0 radical (unpaired) electrons. The predicted molar refractivity (Wildman–Crippen MR) is 86.9 cm³/mol. The minimum absolute atomic E-state index is 0.658. The Morgan fingerprint density at radius 2 is 2.10 bits per heavy atom.